The Balaban J connectivity index is 2.18. The van der Waals surface area contributed by atoms with E-state index in [-0.39, 0.29) is 5.41 Å². The molecule has 0 bridgehead atoms. The normalized spacial score (nSPS) is 19.0. The van der Waals surface area contributed by atoms with E-state index in [0.29, 0.717) is 0 Å². The van der Waals surface area contributed by atoms with Crippen molar-refractivity contribution < 1.29 is 9.90 Å². The first-order chi connectivity index (χ1) is 9.97. The maximum absolute atomic E-state index is 11.9. The average molecular weight is 306 g/mol. The van der Waals surface area contributed by atoms with E-state index in [1.54, 1.807) is 11.8 Å². The molecule has 0 aliphatic heterocycles. The fourth-order valence-corrected chi connectivity index (χ4v) is 5.49. The molecule has 21 heavy (non-hydrogen) atoms. The number of aliphatic carboxylic acids is 1. The van der Waals surface area contributed by atoms with Crippen molar-refractivity contribution in [3.05, 3.63) is 29.8 Å². The van der Waals surface area contributed by atoms with Crippen LogP contribution in [0.2, 0.25) is 0 Å². The highest BCUT2D eigenvalue weighted by Crippen LogP contribution is 2.61. The number of carboxylic acids is 1. The van der Waals surface area contributed by atoms with Crippen LogP contribution >= 0.6 is 11.8 Å². The number of carbonyl (C=O) groups is 1. The van der Waals surface area contributed by atoms with Crippen molar-refractivity contribution in [3.8, 4) is 0 Å². The molecule has 0 saturated heterocycles. The molecule has 1 N–H and O–H groups in total. The number of hydrogen-bond donors (Lipinski definition) is 1. The Hall–Kier alpha value is -0.960. The summed E-state index contributed by atoms with van der Waals surface area (Å²) in [6.45, 7) is 6.46. The summed E-state index contributed by atoms with van der Waals surface area (Å²) >= 11 is 1.57. The monoisotopic (exact) mass is 306 g/mol. The molecule has 0 radical (unpaired) electrons. The summed E-state index contributed by atoms with van der Waals surface area (Å²) in [5.41, 5.74) is 1.43. The second-order valence-corrected chi connectivity index (χ2v) is 7.95. The molecule has 2 nitrogen and oxygen atoms in total. The van der Waals surface area contributed by atoms with E-state index in [2.05, 4.69) is 26.8 Å². The second-order valence-electron chi connectivity index (χ2n) is 6.52. The van der Waals surface area contributed by atoms with Crippen LogP contribution in [-0.2, 0) is 4.79 Å². The minimum Gasteiger partial charge on any atom is -0.480 e. The molecule has 0 unspecified atom stereocenters. The molecule has 1 aromatic carbocycles. The van der Waals surface area contributed by atoms with Gasteiger partial charge in [-0.2, -0.15) is 0 Å². The molecule has 0 aromatic heterocycles. The molecule has 1 aromatic rings. The molecule has 1 saturated carbocycles. The van der Waals surface area contributed by atoms with E-state index in [9.17, 15) is 9.90 Å². The van der Waals surface area contributed by atoms with Gasteiger partial charge in [0.15, 0.2) is 0 Å². The van der Waals surface area contributed by atoms with Crippen LogP contribution in [0.25, 0.3) is 0 Å². The fraction of sp³-hybridized carbons (Fsp3) is 0.611. The quantitative estimate of drug-likeness (QED) is 0.743. The molecule has 2 rings (SSSR count). The summed E-state index contributed by atoms with van der Waals surface area (Å²) in [4.78, 5) is 13.0. The van der Waals surface area contributed by atoms with Gasteiger partial charge in [0, 0.05) is 4.90 Å². The van der Waals surface area contributed by atoms with Crippen LogP contribution in [0.15, 0.2) is 29.2 Å². The van der Waals surface area contributed by atoms with Gasteiger partial charge in [-0.1, -0.05) is 44.9 Å². The van der Waals surface area contributed by atoms with Crippen molar-refractivity contribution in [1.29, 1.82) is 0 Å². The molecule has 0 heterocycles. The lowest BCUT2D eigenvalue weighted by Gasteiger charge is -2.54. The Morgan fingerprint density at radius 2 is 1.76 bits per heavy atom. The molecular formula is C18H26O2S. The molecule has 1 fully saturated rings. The van der Waals surface area contributed by atoms with Crippen molar-refractivity contribution in [2.24, 2.45) is 5.41 Å². The number of rotatable bonds is 7. The Bertz CT molecular complexity index is 496. The van der Waals surface area contributed by atoms with Crippen molar-refractivity contribution in [2.75, 3.05) is 0 Å². The van der Waals surface area contributed by atoms with Gasteiger partial charge in [-0.3, -0.25) is 4.79 Å². The second kappa shape index (κ2) is 6.43. The van der Waals surface area contributed by atoms with Gasteiger partial charge >= 0.3 is 5.97 Å². The third kappa shape index (κ3) is 3.28. The highest BCUT2D eigenvalue weighted by atomic mass is 32.2. The SMILES string of the molecule is CCCC1(CCC)CC(Sc2ccccc2C)(C(=O)O)C1. The van der Waals surface area contributed by atoms with Gasteiger partial charge in [0.1, 0.15) is 4.75 Å². The number of aryl methyl sites for hydroxylation is 1. The third-order valence-corrected chi connectivity index (χ3v) is 6.20. The minimum atomic E-state index is -0.640. The highest BCUT2D eigenvalue weighted by molar-refractivity contribution is 8.01. The number of benzene rings is 1. The van der Waals surface area contributed by atoms with Crippen molar-refractivity contribution in [3.63, 3.8) is 0 Å². The van der Waals surface area contributed by atoms with Gasteiger partial charge in [0.25, 0.3) is 0 Å². The van der Waals surface area contributed by atoms with Crippen LogP contribution in [0.1, 0.15) is 57.9 Å². The van der Waals surface area contributed by atoms with E-state index < -0.39 is 10.7 Å². The molecule has 0 amide bonds. The van der Waals surface area contributed by atoms with Gasteiger partial charge in [-0.15, -0.1) is 11.8 Å². The number of thioether (sulfide) groups is 1. The summed E-state index contributed by atoms with van der Waals surface area (Å²) < 4.78 is -0.615. The van der Waals surface area contributed by atoms with Crippen molar-refractivity contribution in [2.45, 2.75) is 68.9 Å². The molecular weight excluding hydrogens is 280 g/mol. The number of hydrogen-bond acceptors (Lipinski definition) is 2. The first kappa shape index (κ1) is 16.4. The predicted molar refractivity (Wildman–Crippen MR) is 88.9 cm³/mol. The fourth-order valence-electron chi connectivity index (χ4n) is 3.85. The van der Waals surface area contributed by atoms with Gasteiger partial charge in [0.05, 0.1) is 0 Å². The standard InChI is InChI=1S/C18H26O2S/c1-4-10-17(11-5-2)12-18(13-17,16(19)20)21-15-9-7-6-8-14(15)3/h6-9H,4-5,10-13H2,1-3H3,(H,19,20). The van der Waals surface area contributed by atoms with Gasteiger partial charge in [-0.25, -0.2) is 0 Å². The third-order valence-electron chi connectivity index (χ3n) is 4.67. The van der Waals surface area contributed by atoms with E-state index in [4.69, 9.17) is 0 Å². The van der Waals surface area contributed by atoms with Gasteiger partial charge in [0.2, 0.25) is 0 Å². The molecule has 116 valence electrons. The Kier molecular flexibility index (Phi) is 5.03. The van der Waals surface area contributed by atoms with E-state index in [1.807, 2.05) is 18.2 Å². The zero-order valence-electron chi connectivity index (χ0n) is 13.3. The summed E-state index contributed by atoms with van der Waals surface area (Å²) in [5.74, 6) is -0.640. The molecule has 1 aliphatic carbocycles. The maximum Gasteiger partial charge on any atom is 0.320 e. The molecule has 0 spiro atoms. The summed E-state index contributed by atoms with van der Waals surface area (Å²) in [6, 6.07) is 8.10. The smallest absolute Gasteiger partial charge is 0.320 e. The van der Waals surface area contributed by atoms with Crippen molar-refractivity contribution >= 4 is 17.7 Å². The lowest BCUT2D eigenvalue weighted by molar-refractivity contribution is -0.147. The van der Waals surface area contributed by atoms with Gasteiger partial charge in [-0.05, 0) is 49.7 Å². The average Bonchev–Trinajstić information content (AvgIpc) is 2.39. The predicted octanol–water partition coefficient (Wildman–Crippen LogP) is 5.29. The molecule has 1 aliphatic rings. The van der Waals surface area contributed by atoms with Gasteiger partial charge < -0.3 is 5.11 Å². The van der Waals surface area contributed by atoms with Crippen LogP contribution in [0.4, 0.5) is 0 Å². The maximum atomic E-state index is 11.9. The summed E-state index contributed by atoms with van der Waals surface area (Å²) in [7, 11) is 0. The first-order valence-electron chi connectivity index (χ1n) is 7.95. The van der Waals surface area contributed by atoms with Crippen molar-refractivity contribution in [1.82, 2.24) is 0 Å². The Morgan fingerprint density at radius 3 is 2.24 bits per heavy atom. The largest absolute Gasteiger partial charge is 0.480 e. The van der Waals surface area contributed by atoms with Crippen LogP contribution in [0.5, 0.6) is 0 Å². The Labute approximate surface area is 132 Å². The first-order valence-corrected chi connectivity index (χ1v) is 8.77. The Morgan fingerprint density at radius 1 is 1.19 bits per heavy atom. The minimum absolute atomic E-state index is 0.261. The van der Waals surface area contributed by atoms with E-state index in [0.717, 1.165) is 43.4 Å². The summed E-state index contributed by atoms with van der Waals surface area (Å²) in [6.07, 6.45) is 6.23. The van der Waals surface area contributed by atoms with Crippen LogP contribution < -0.4 is 0 Å². The van der Waals surface area contributed by atoms with E-state index >= 15 is 0 Å². The van der Waals surface area contributed by atoms with Crippen LogP contribution in [-0.4, -0.2) is 15.8 Å². The topological polar surface area (TPSA) is 37.3 Å². The zero-order valence-corrected chi connectivity index (χ0v) is 14.1. The molecule has 0 atom stereocenters. The van der Waals surface area contributed by atoms with Crippen LogP contribution in [0, 0.1) is 12.3 Å². The lowest BCUT2D eigenvalue weighted by Crippen LogP contribution is -2.54. The highest BCUT2D eigenvalue weighted by Gasteiger charge is 2.58. The van der Waals surface area contributed by atoms with Crippen LogP contribution in [0.3, 0.4) is 0 Å². The lowest BCUT2D eigenvalue weighted by atomic mass is 9.57. The summed E-state index contributed by atoms with van der Waals surface area (Å²) in [5, 5.41) is 9.78. The van der Waals surface area contributed by atoms with E-state index in [1.165, 1.54) is 5.56 Å². The zero-order chi connectivity index (χ0) is 15.5. The molecule has 3 heteroatoms. The number of carboxylic acid groups (broad SMARTS) is 1.